The minimum absolute atomic E-state index is 0.381. The number of ether oxygens (including phenoxy) is 2. The minimum Gasteiger partial charge on any atom is -0.497 e. The van der Waals surface area contributed by atoms with Crippen molar-refractivity contribution in [2.24, 2.45) is 0 Å². The van der Waals surface area contributed by atoms with E-state index in [2.05, 4.69) is 55.9 Å². The Morgan fingerprint density at radius 2 is 1.63 bits per heavy atom. The van der Waals surface area contributed by atoms with Crippen molar-refractivity contribution in [1.29, 1.82) is 0 Å². The maximum atomic E-state index is 6.38. The van der Waals surface area contributed by atoms with Crippen molar-refractivity contribution in [3.8, 4) is 45.1 Å². The molecule has 0 radical (unpaired) electrons. The lowest BCUT2D eigenvalue weighted by Crippen LogP contribution is -2.02. The first-order valence-electron chi connectivity index (χ1n) is 11.3. The normalized spacial score (nSPS) is 10.8. The highest BCUT2D eigenvalue weighted by atomic mass is 16.5. The molecule has 7 nitrogen and oxygen atoms in total. The molecule has 0 bridgehead atoms. The zero-order valence-electron chi connectivity index (χ0n) is 19.8. The SMILES string of the molecule is COc1ccc(-c2c(OCc3ccc(-c4ccccc4)c(-c4nn[nH]n4)c3)cc(C)nc2C)cc1. The van der Waals surface area contributed by atoms with Crippen molar-refractivity contribution in [3.05, 3.63) is 95.8 Å². The fraction of sp³-hybridized carbons (Fsp3) is 0.143. The van der Waals surface area contributed by atoms with E-state index in [9.17, 15) is 0 Å². The summed E-state index contributed by atoms with van der Waals surface area (Å²) in [7, 11) is 1.66. The van der Waals surface area contributed by atoms with Gasteiger partial charge in [-0.3, -0.25) is 4.98 Å². The zero-order valence-corrected chi connectivity index (χ0v) is 19.8. The molecule has 0 aliphatic rings. The number of aromatic amines is 1. The van der Waals surface area contributed by atoms with E-state index in [1.165, 1.54) is 0 Å². The highest BCUT2D eigenvalue weighted by Crippen LogP contribution is 2.35. The maximum Gasteiger partial charge on any atom is 0.205 e. The molecular formula is C28H25N5O2. The van der Waals surface area contributed by atoms with Crippen LogP contribution in [-0.4, -0.2) is 32.7 Å². The molecule has 0 aliphatic carbocycles. The molecule has 2 heterocycles. The molecule has 5 aromatic rings. The third kappa shape index (κ3) is 4.75. The summed E-state index contributed by atoms with van der Waals surface area (Å²) < 4.78 is 11.7. The van der Waals surface area contributed by atoms with E-state index in [-0.39, 0.29) is 0 Å². The number of nitrogens with one attached hydrogen (secondary N) is 1. The van der Waals surface area contributed by atoms with Crippen LogP contribution in [0.15, 0.2) is 78.9 Å². The monoisotopic (exact) mass is 463 g/mol. The first-order chi connectivity index (χ1) is 17.1. The molecule has 0 amide bonds. The standard InChI is InChI=1S/C28H25N5O2/c1-18-15-26(27(19(2)29-18)22-10-12-23(34-3)13-11-22)35-17-20-9-14-24(21-7-5-4-6-8-21)25(16-20)28-30-32-33-31-28/h4-16H,17H2,1-3H3,(H,30,31,32,33). The molecule has 35 heavy (non-hydrogen) atoms. The second kappa shape index (κ2) is 9.77. The number of H-pyrrole nitrogens is 1. The van der Waals surface area contributed by atoms with Gasteiger partial charge in [-0.1, -0.05) is 54.6 Å². The summed E-state index contributed by atoms with van der Waals surface area (Å²) in [6.45, 7) is 4.36. The maximum absolute atomic E-state index is 6.38. The van der Waals surface area contributed by atoms with Crippen LogP contribution in [-0.2, 0) is 6.61 Å². The molecule has 0 spiro atoms. The smallest absolute Gasteiger partial charge is 0.205 e. The number of pyridine rings is 1. The Hall–Kier alpha value is -4.52. The van der Waals surface area contributed by atoms with Gasteiger partial charge < -0.3 is 9.47 Å². The molecule has 0 unspecified atom stereocenters. The highest BCUT2D eigenvalue weighted by Gasteiger charge is 2.15. The Labute approximate surface area is 203 Å². The third-order valence-corrected chi connectivity index (χ3v) is 5.82. The van der Waals surface area contributed by atoms with Gasteiger partial charge in [0.15, 0.2) is 0 Å². The Bertz CT molecular complexity index is 1430. The minimum atomic E-state index is 0.381. The van der Waals surface area contributed by atoms with E-state index in [4.69, 9.17) is 9.47 Å². The van der Waals surface area contributed by atoms with Crippen LogP contribution in [0.4, 0.5) is 0 Å². The van der Waals surface area contributed by atoms with Gasteiger partial charge in [0.1, 0.15) is 18.1 Å². The van der Waals surface area contributed by atoms with Gasteiger partial charge in [-0.05, 0) is 59.5 Å². The predicted molar refractivity (Wildman–Crippen MR) is 135 cm³/mol. The van der Waals surface area contributed by atoms with Gasteiger partial charge in [0.25, 0.3) is 0 Å². The lowest BCUT2D eigenvalue weighted by Gasteiger charge is -2.16. The molecule has 0 saturated carbocycles. The summed E-state index contributed by atoms with van der Waals surface area (Å²) in [5.41, 5.74) is 7.82. The summed E-state index contributed by atoms with van der Waals surface area (Å²) in [5, 5.41) is 14.7. The molecule has 0 aliphatic heterocycles. The summed E-state index contributed by atoms with van der Waals surface area (Å²) in [6.07, 6.45) is 0. The van der Waals surface area contributed by atoms with Gasteiger partial charge in [0.05, 0.1) is 7.11 Å². The van der Waals surface area contributed by atoms with Crippen molar-refractivity contribution in [2.75, 3.05) is 7.11 Å². The molecule has 7 heteroatoms. The summed E-state index contributed by atoms with van der Waals surface area (Å²) in [6, 6.07) is 26.3. The van der Waals surface area contributed by atoms with Gasteiger partial charge in [-0.2, -0.15) is 5.21 Å². The van der Waals surface area contributed by atoms with E-state index >= 15 is 0 Å². The van der Waals surface area contributed by atoms with Crippen LogP contribution >= 0.6 is 0 Å². The Balaban J connectivity index is 1.48. The lowest BCUT2D eigenvalue weighted by molar-refractivity contribution is 0.307. The molecular weight excluding hydrogens is 438 g/mol. The van der Waals surface area contributed by atoms with Crippen LogP contribution in [0.1, 0.15) is 17.0 Å². The van der Waals surface area contributed by atoms with Crippen LogP contribution in [0, 0.1) is 13.8 Å². The number of methoxy groups -OCH3 is 1. The van der Waals surface area contributed by atoms with Crippen LogP contribution in [0.25, 0.3) is 33.6 Å². The number of hydrogen-bond acceptors (Lipinski definition) is 6. The molecule has 0 atom stereocenters. The van der Waals surface area contributed by atoms with Gasteiger partial charge in [0, 0.05) is 28.6 Å². The number of nitrogens with zero attached hydrogens (tertiary/aromatic N) is 4. The van der Waals surface area contributed by atoms with E-state index < -0.39 is 0 Å². The van der Waals surface area contributed by atoms with Crippen LogP contribution in [0.2, 0.25) is 0 Å². The number of benzene rings is 3. The average molecular weight is 464 g/mol. The molecule has 174 valence electrons. The zero-order chi connectivity index (χ0) is 24.2. The Morgan fingerprint density at radius 3 is 2.34 bits per heavy atom. The summed E-state index contributed by atoms with van der Waals surface area (Å²) >= 11 is 0. The van der Waals surface area contributed by atoms with Crippen molar-refractivity contribution in [2.45, 2.75) is 20.5 Å². The quantitative estimate of drug-likeness (QED) is 0.328. The van der Waals surface area contributed by atoms with Crippen LogP contribution in [0.5, 0.6) is 11.5 Å². The van der Waals surface area contributed by atoms with E-state index in [0.717, 1.165) is 56.3 Å². The second-order valence-electron chi connectivity index (χ2n) is 8.22. The Kier molecular flexibility index (Phi) is 6.22. The number of tetrazole rings is 1. The number of hydrogen-bond donors (Lipinski definition) is 1. The van der Waals surface area contributed by atoms with Gasteiger partial charge in [-0.15, -0.1) is 10.2 Å². The van der Waals surface area contributed by atoms with E-state index in [1.54, 1.807) is 7.11 Å². The molecule has 2 aromatic heterocycles. The van der Waals surface area contributed by atoms with Gasteiger partial charge in [0.2, 0.25) is 5.82 Å². The van der Waals surface area contributed by atoms with E-state index in [0.29, 0.717) is 12.4 Å². The number of aryl methyl sites for hydroxylation is 2. The molecule has 1 N–H and O–H groups in total. The fourth-order valence-corrected chi connectivity index (χ4v) is 4.19. The molecule has 3 aromatic carbocycles. The van der Waals surface area contributed by atoms with Crippen molar-refractivity contribution < 1.29 is 9.47 Å². The van der Waals surface area contributed by atoms with Crippen LogP contribution < -0.4 is 9.47 Å². The van der Waals surface area contributed by atoms with Crippen molar-refractivity contribution in [3.63, 3.8) is 0 Å². The molecule has 0 saturated heterocycles. The first-order valence-corrected chi connectivity index (χ1v) is 11.3. The van der Waals surface area contributed by atoms with Crippen molar-refractivity contribution in [1.82, 2.24) is 25.6 Å². The third-order valence-electron chi connectivity index (χ3n) is 5.82. The average Bonchev–Trinajstić information content (AvgIpc) is 3.43. The van der Waals surface area contributed by atoms with Gasteiger partial charge >= 0.3 is 0 Å². The van der Waals surface area contributed by atoms with Gasteiger partial charge in [-0.25, -0.2) is 0 Å². The second-order valence-corrected chi connectivity index (χ2v) is 8.22. The first kappa shape index (κ1) is 22.3. The molecule has 5 rings (SSSR count). The summed E-state index contributed by atoms with van der Waals surface area (Å²) in [4.78, 5) is 4.66. The lowest BCUT2D eigenvalue weighted by atomic mass is 9.97. The fourth-order valence-electron chi connectivity index (χ4n) is 4.19. The highest BCUT2D eigenvalue weighted by molar-refractivity contribution is 5.81. The Morgan fingerprint density at radius 1 is 0.829 bits per heavy atom. The van der Waals surface area contributed by atoms with Crippen molar-refractivity contribution >= 4 is 0 Å². The summed E-state index contributed by atoms with van der Waals surface area (Å²) in [5.74, 6) is 2.13. The number of aromatic nitrogens is 5. The largest absolute Gasteiger partial charge is 0.497 e. The molecule has 0 fully saturated rings. The predicted octanol–water partition coefficient (Wildman–Crippen LogP) is 5.80. The van der Waals surface area contributed by atoms with Crippen LogP contribution in [0.3, 0.4) is 0 Å². The van der Waals surface area contributed by atoms with E-state index in [1.807, 2.05) is 62.4 Å². The number of rotatable bonds is 7. The topological polar surface area (TPSA) is 85.8 Å².